The van der Waals surface area contributed by atoms with Crippen molar-refractivity contribution in [3.63, 3.8) is 0 Å². The lowest BCUT2D eigenvalue weighted by Gasteiger charge is -2.29. The van der Waals surface area contributed by atoms with E-state index < -0.39 is 34.3 Å². The smallest absolute Gasteiger partial charge is 0.244 e. The highest BCUT2D eigenvalue weighted by Gasteiger charge is 2.36. The summed E-state index contributed by atoms with van der Waals surface area (Å²) in [5.74, 6) is -1.59. The molecule has 0 fully saturated rings. The lowest BCUT2D eigenvalue weighted by Crippen LogP contribution is -2.41. The number of benzene rings is 3. The monoisotopic (exact) mass is 466 g/mol. The summed E-state index contributed by atoms with van der Waals surface area (Å²) in [7, 11) is -4.26. The van der Waals surface area contributed by atoms with Gasteiger partial charge in [0.25, 0.3) is 0 Å². The average molecular weight is 467 g/mol. The molecule has 1 amide bonds. The third kappa shape index (κ3) is 4.82. The molecule has 9 heteroatoms. The Morgan fingerprint density at radius 3 is 2.13 bits per heavy atom. The fourth-order valence-corrected chi connectivity index (χ4v) is 4.83. The number of rotatable bonds is 7. The zero-order valence-corrected chi connectivity index (χ0v) is 17.8. The Balaban J connectivity index is 2.16. The standard InChI is InChI=1S/C21H17Cl2FN2O3S/c22-16-8-10-18(11-9-16)30(28,29)26(13-15-6-7-17(23)12-19(15)24)20(21(25)27)14-4-2-1-3-5-14/h1-12,20H,13H2,(H2,25,27). The minimum Gasteiger partial charge on any atom is -0.368 e. The number of carbonyl (C=O) groups is 1. The Bertz CT molecular complexity index is 1160. The van der Waals surface area contributed by atoms with E-state index in [4.69, 9.17) is 28.9 Å². The molecular weight excluding hydrogens is 450 g/mol. The first-order chi connectivity index (χ1) is 14.2. The van der Waals surface area contributed by atoms with Crippen LogP contribution in [0.5, 0.6) is 0 Å². The normalized spacial score (nSPS) is 12.7. The maximum Gasteiger partial charge on any atom is 0.244 e. The van der Waals surface area contributed by atoms with Gasteiger partial charge in [-0.25, -0.2) is 12.8 Å². The molecule has 0 bridgehead atoms. The summed E-state index contributed by atoms with van der Waals surface area (Å²) in [5, 5.41) is 0.511. The van der Waals surface area contributed by atoms with Gasteiger partial charge < -0.3 is 5.73 Å². The number of sulfonamides is 1. The van der Waals surface area contributed by atoms with E-state index >= 15 is 0 Å². The van der Waals surface area contributed by atoms with Crippen molar-refractivity contribution in [2.75, 3.05) is 0 Å². The molecule has 30 heavy (non-hydrogen) atoms. The third-order valence-electron chi connectivity index (χ3n) is 4.43. The molecule has 0 radical (unpaired) electrons. The first kappa shape index (κ1) is 22.2. The van der Waals surface area contributed by atoms with Gasteiger partial charge in [0.1, 0.15) is 11.9 Å². The van der Waals surface area contributed by atoms with Crippen LogP contribution in [0, 0.1) is 5.82 Å². The lowest BCUT2D eigenvalue weighted by molar-refractivity contribution is -0.122. The van der Waals surface area contributed by atoms with E-state index in [2.05, 4.69) is 0 Å². The maximum atomic E-state index is 14.5. The molecule has 0 heterocycles. The van der Waals surface area contributed by atoms with Gasteiger partial charge in [0, 0.05) is 22.2 Å². The van der Waals surface area contributed by atoms with Crippen LogP contribution in [-0.4, -0.2) is 18.6 Å². The molecule has 0 saturated heterocycles. The van der Waals surface area contributed by atoms with Gasteiger partial charge in [-0.2, -0.15) is 4.31 Å². The van der Waals surface area contributed by atoms with E-state index in [1.54, 1.807) is 30.3 Å². The van der Waals surface area contributed by atoms with Crippen LogP contribution in [0.2, 0.25) is 10.0 Å². The SMILES string of the molecule is NC(=O)C(c1ccccc1)N(Cc1ccc(Cl)cc1F)S(=O)(=O)c1ccc(Cl)cc1. The number of amides is 1. The highest BCUT2D eigenvalue weighted by Crippen LogP contribution is 2.31. The predicted molar refractivity (Wildman–Crippen MR) is 114 cm³/mol. The molecule has 0 aliphatic heterocycles. The molecule has 0 aliphatic carbocycles. The summed E-state index contributed by atoms with van der Waals surface area (Å²) in [6.45, 7) is -0.434. The number of primary amides is 1. The summed E-state index contributed by atoms with van der Waals surface area (Å²) < 4.78 is 42.3. The Kier molecular flexibility index (Phi) is 6.77. The summed E-state index contributed by atoms with van der Waals surface area (Å²) >= 11 is 11.7. The highest BCUT2D eigenvalue weighted by atomic mass is 35.5. The fourth-order valence-electron chi connectivity index (χ4n) is 2.98. The topological polar surface area (TPSA) is 80.5 Å². The molecule has 0 spiro atoms. The van der Waals surface area contributed by atoms with Gasteiger partial charge in [0.15, 0.2) is 0 Å². The second kappa shape index (κ2) is 9.14. The average Bonchev–Trinajstić information content (AvgIpc) is 2.70. The number of carbonyl (C=O) groups excluding carboxylic acids is 1. The Morgan fingerprint density at radius 2 is 1.57 bits per heavy atom. The molecule has 3 rings (SSSR count). The molecule has 0 saturated carbocycles. The molecule has 5 nitrogen and oxygen atoms in total. The third-order valence-corrected chi connectivity index (χ3v) is 6.75. The van der Waals surface area contributed by atoms with Crippen LogP contribution in [0.1, 0.15) is 17.2 Å². The van der Waals surface area contributed by atoms with Gasteiger partial charge >= 0.3 is 0 Å². The van der Waals surface area contributed by atoms with Gasteiger partial charge in [-0.3, -0.25) is 4.79 Å². The fraction of sp³-hybridized carbons (Fsp3) is 0.0952. The molecule has 1 atom stereocenters. The van der Waals surface area contributed by atoms with E-state index in [0.29, 0.717) is 10.6 Å². The largest absolute Gasteiger partial charge is 0.368 e. The van der Waals surface area contributed by atoms with Crippen LogP contribution in [0.4, 0.5) is 4.39 Å². The second-order valence-electron chi connectivity index (χ2n) is 6.46. The molecule has 3 aromatic carbocycles. The summed E-state index contributed by atoms with van der Waals surface area (Å²) in [6.07, 6.45) is 0. The summed E-state index contributed by atoms with van der Waals surface area (Å²) in [5.41, 5.74) is 6.00. The van der Waals surface area contributed by atoms with Crippen LogP contribution in [-0.2, 0) is 21.4 Å². The molecule has 0 aromatic heterocycles. The Labute approximate surface area is 183 Å². The first-order valence-electron chi connectivity index (χ1n) is 8.76. The van der Waals surface area contributed by atoms with Gasteiger partial charge in [0.05, 0.1) is 4.90 Å². The van der Waals surface area contributed by atoms with Crippen molar-refractivity contribution < 1.29 is 17.6 Å². The van der Waals surface area contributed by atoms with E-state index in [1.807, 2.05) is 0 Å². The van der Waals surface area contributed by atoms with Crippen LogP contribution in [0.25, 0.3) is 0 Å². The zero-order chi connectivity index (χ0) is 21.9. The van der Waals surface area contributed by atoms with Crippen molar-refractivity contribution in [1.29, 1.82) is 0 Å². The Hall–Kier alpha value is -2.45. The molecule has 0 aliphatic rings. The number of hydrogen-bond acceptors (Lipinski definition) is 3. The first-order valence-corrected chi connectivity index (χ1v) is 11.0. The summed E-state index contributed by atoms with van der Waals surface area (Å²) in [4.78, 5) is 12.3. The van der Waals surface area contributed by atoms with Crippen molar-refractivity contribution in [3.8, 4) is 0 Å². The minimum absolute atomic E-state index is 0.0409. The lowest BCUT2D eigenvalue weighted by atomic mass is 10.1. The van der Waals surface area contributed by atoms with Crippen molar-refractivity contribution in [3.05, 3.63) is 99.8 Å². The molecule has 3 aromatic rings. The van der Waals surface area contributed by atoms with E-state index in [1.165, 1.54) is 36.4 Å². The minimum atomic E-state index is -4.26. The number of halogens is 3. The van der Waals surface area contributed by atoms with Gasteiger partial charge in [0.2, 0.25) is 15.9 Å². The quantitative estimate of drug-likeness (QED) is 0.554. The Morgan fingerprint density at radius 1 is 0.967 bits per heavy atom. The second-order valence-corrected chi connectivity index (χ2v) is 9.22. The zero-order valence-electron chi connectivity index (χ0n) is 15.5. The van der Waals surface area contributed by atoms with Crippen molar-refractivity contribution in [1.82, 2.24) is 4.31 Å². The van der Waals surface area contributed by atoms with Crippen molar-refractivity contribution in [2.45, 2.75) is 17.5 Å². The van der Waals surface area contributed by atoms with E-state index in [0.717, 1.165) is 10.4 Å². The van der Waals surface area contributed by atoms with Crippen LogP contribution in [0.15, 0.2) is 77.7 Å². The highest BCUT2D eigenvalue weighted by molar-refractivity contribution is 7.89. The number of nitrogens with zero attached hydrogens (tertiary/aromatic N) is 1. The molecule has 2 N–H and O–H groups in total. The number of hydrogen-bond donors (Lipinski definition) is 1. The van der Waals surface area contributed by atoms with Crippen molar-refractivity contribution >= 4 is 39.1 Å². The van der Waals surface area contributed by atoms with Gasteiger partial charge in [-0.15, -0.1) is 0 Å². The van der Waals surface area contributed by atoms with Gasteiger partial charge in [-0.1, -0.05) is 59.6 Å². The van der Waals surface area contributed by atoms with Crippen molar-refractivity contribution in [2.24, 2.45) is 5.73 Å². The summed E-state index contributed by atoms with van der Waals surface area (Å²) in [6, 6.07) is 16.2. The molecule has 156 valence electrons. The van der Waals surface area contributed by atoms with E-state index in [9.17, 15) is 17.6 Å². The van der Waals surface area contributed by atoms with E-state index in [-0.39, 0.29) is 15.5 Å². The maximum absolute atomic E-state index is 14.5. The van der Waals surface area contributed by atoms with Crippen LogP contribution < -0.4 is 5.73 Å². The predicted octanol–water partition coefficient (Wildman–Crippen LogP) is 4.55. The van der Waals surface area contributed by atoms with Crippen LogP contribution >= 0.6 is 23.2 Å². The molecular formula is C21H17Cl2FN2O3S. The van der Waals surface area contributed by atoms with Crippen LogP contribution in [0.3, 0.4) is 0 Å². The number of nitrogens with two attached hydrogens (primary N) is 1. The van der Waals surface area contributed by atoms with Gasteiger partial charge in [-0.05, 0) is 42.0 Å². The molecule has 1 unspecified atom stereocenters.